The molecule has 0 bridgehead atoms. The molecule has 0 saturated carbocycles. The Morgan fingerprint density at radius 2 is 1.74 bits per heavy atom. The molecular formula is C15H25NO2S. The second kappa shape index (κ2) is 7.65. The minimum Gasteiger partial charge on any atom is -0.496 e. The van der Waals surface area contributed by atoms with Crippen LogP contribution in [0.1, 0.15) is 26.3 Å². The second-order valence-electron chi connectivity index (χ2n) is 5.20. The van der Waals surface area contributed by atoms with Gasteiger partial charge < -0.3 is 15.2 Å². The van der Waals surface area contributed by atoms with Gasteiger partial charge in [-0.1, -0.05) is 13.8 Å². The molecule has 0 aliphatic heterocycles. The van der Waals surface area contributed by atoms with E-state index in [-0.39, 0.29) is 6.04 Å². The van der Waals surface area contributed by atoms with Gasteiger partial charge in [0, 0.05) is 11.8 Å². The van der Waals surface area contributed by atoms with Gasteiger partial charge in [0.25, 0.3) is 0 Å². The fourth-order valence-electron chi connectivity index (χ4n) is 1.81. The molecule has 0 aliphatic rings. The first-order valence-corrected chi connectivity index (χ1v) is 7.59. The number of benzene rings is 1. The highest BCUT2D eigenvalue weighted by Gasteiger charge is 2.13. The van der Waals surface area contributed by atoms with Gasteiger partial charge in [-0.3, -0.25) is 0 Å². The van der Waals surface area contributed by atoms with Gasteiger partial charge in [-0.15, -0.1) is 11.8 Å². The Hall–Kier alpha value is -0.870. The van der Waals surface area contributed by atoms with Crippen LogP contribution in [0.3, 0.4) is 0 Å². The van der Waals surface area contributed by atoms with Crippen LogP contribution in [-0.4, -0.2) is 26.0 Å². The Morgan fingerprint density at radius 1 is 1.11 bits per heavy atom. The molecule has 0 fully saturated rings. The summed E-state index contributed by atoms with van der Waals surface area (Å²) in [7, 11) is 3.40. The van der Waals surface area contributed by atoms with E-state index in [4.69, 9.17) is 15.2 Å². The van der Waals surface area contributed by atoms with Crippen LogP contribution >= 0.6 is 11.8 Å². The Bertz CT molecular complexity index is 405. The summed E-state index contributed by atoms with van der Waals surface area (Å²) in [6.07, 6.45) is 0.786. The van der Waals surface area contributed by atoms with Gasteiger partial charge >= 0.3 is 0 Å². The summed E-state index contributed by atoms with van der Waals surface area (Å²) >= 11 is 1.80. The lowest BCUT2D eigenvalue weighted by Gasteiger charge is -2.16. The Balaban J connectivity index is 3.04. The molecule has 2 N–H and O–H groups in total. The normalized spacial score (nSPS) is 12.6. The van der Waals surface area contributed by atoms with Crippen molar-refractivity contribution in [2.45, 2.75) is 38.1 Å². The maximum Gasteiger partial charge on any atom is 0.132 e. The van der Waals surface area contributed by atoms with Gasteiger partial charge in [-0.25, -0.2) is 0 Å². The number of hydrogen-bond donors (Lipinski definition) is 1. The second-order valence-corrected chi connectivity index (χ2v) is 6.26. The van der Waals surface area contributed by atoms with Gasteiger partial charge in [-0.05, 0) is 37.0 Å². The molecule has 108 valence electrons. The van der Waals surface area contributed by atoms with Gasteiger partial charge in [0.1, 0.15) is 11.5 Å². The number of methoxy groups -OCH3 is 2. The first-order valence-electron chi connectivity index (χ1n) is 6.61. The minimum absolute atomic E-state index is 0.104. The molecule has 0 spiro atoms. The van der Waals surface area contributed by atoms with Crippen molar-refractivity contribution in [2.24, 2.45) is 11.7 Å². The summed E-state index contributed by atoms with van der Waals surface area (Å²) in [4.78, 5) is 1.13. The quantitative estimate of drug-likeness (QED) is 0.780. The van der Waals surface area contributed by atoms with Crippen molar-refractivity contribution in [1.29, 1.82) is 0 Å². The lowest BCUT2D eigenvalue weighted by atomic mass is 10.1. The van der Waals surface area contributed by atoms with Crippen LogP contribution < -0.4 is 15.2 Å². The Labute approximate surface area is 120 Å². The largest absolute Gasteiger partial charge is 0.496 e. The molecule has 1 aromatic carbocycles. The van der Waals surface area contributed by atoms with Crippen LogP contribution in [0.5, 0.6) is 11.5 Å². The van der Waals surface area contributed by atoms with Gasteiger partial charge in [0.15, 0.2) is 0 Å². The zero-order valence-electron chi connectivity index (χ0n) is 12.5. The SMILES string of the molecule is COc1cc(SCC(C)C)c(OC)cc1CC(C)N. The highest BCUT2D eigenvalue weighted by atomic mass is 32.2. The van der Waals surface area contributed by atoms with Crippen LogP contribution in [0.15, 0.2) is 17.0 Å². The maximum atomic E-state index is 5.87. The molecule has 0 radical (unpaired) electrons. The summed E-state index contributed by atoms with van der Waals surface area (Å²) in [5.74, 6) is 3.50. The lowest BCUT2D eigenvalue weighted by molar-refractivity contribution is 0.389. The number of thioether (sulfide) groups is 1. The molecule has 0 heterocycles. The summed E-state index contributed by atoms with van der Waals surface area (Å²) in [6, 6.07) is 4.21. The standard InChI is InChI=1S/C15H25NO2S/c1-10(2)9-19-15-8-13(17-4)12(6-11(3)16)7-14(15)18-5/h7-8,10-11H,6,9,16H2,1-5H3. The van der Waals surface area contributed by atoms with Crippen LogP contribution in [0, 0.1) is 5.92 Å². The van der Waals surface area contributed by atoms with Crippen molar-refractivity contribution in [1.82, 2.24) is 0 Å². The molecule has 0 amide bonds. The van der Waals surface area contributed by atoms with E-state index in [1.165, 1.54) is 0 Å². The van der Waals surface area contributed by atoms with E-state index >= 15 is 0 Å². The summed E-state index contributed by atoms with van der Waals surface area (Å²) in [5.41, 5.74) is 6.97. The molecule has 1 atom stereocenters. The number of ether oxygens (including phenoxy) is 2. The third-order valence-electron chi connectivity index (χ3n) is 2.68. The first kappa shape index (κ1) is 16.2. The van der Waals surface area contributed by atoms with E-state index in [1.807, 2.05) is 13.0 Å². The van der Waals surface area contributed by atoms with E-state index in [2.05, 4.69) is 19.9 Å². The molecular weight excluding hydrogens is 258 g/mol. The summed E-state index contributed by atoms with van der Waals surface area (Å²) in [6.45, 7) is 6.41. The van der Waals surface area contributed by atoms with Crippen molar-refractivity contribution in [3.8, 4) is 11.5 Å². The van der Waals surface area contributed by atoms with Crippen LogP contribution in [0.4, 0.5) is 0 Å². The summed E-state index contributed by atoms with van der Waals surface area (Å²) in [5, 5.41) is 0. The number of nitrogens with two attached hydrogens (primary N) is 1. The van der Waals surface area contributed by atoms with E-state index in [0.717, 1.165) is 34.1 Å². The van der Waals surface area contributed by atoms with Crippen LogP contribution in [-0.2, 0) is 6.42 Å². The van der Waals surface area contributed by atoms with E-state index in [0.29, 0.717) is 5.92 Å². The fraction of sp³-hybridized carbons (Fsp3) is 0.600. The van der Waals surface area contributed by atoms with Gasteiger partial charge in [-0.2, -0.15) is 0 Å². The van der Waals surface area contributed by atoms with Crippen molar-refractivity contribution < 1.29 is 9.47 Å². The fourth-order valence-corrected chi connectivity index (χ4v) is 2.80. The smallest absolute Gasteiger partial charge is 0.132 e. The van der Waals surface area contributed by atoms with Crippen LogP contribution in [0.2, 0.25) is 0 Å². The minimum atomic E-state index is 0.104. The zero-order chi connectivity index (χ0) is 14.4. The maximum absolute atomic E-state index is 5.87. The third-order valence-corrected chi connectivity index (χ3v) is 4.14. The summed E-state index contributed by atoms with van der Waals surface area (Å²) < 4.78 is 11.0. The van der Waals surface area contributed by atoms with E-state index in [1.54, 1.807) is 26.0 Å². The average molecular weight is 283 g/mol. The van der Waals surface area contributed by atoms with E-state index < -0.39 is 0 Å². The predicted octanol–water partition coefficient (Wildman–Crippen LogP) is 3.34. The molecule has 4 heteroatoms. The molecule has 0 aromatic heterocycles. The molecule has 19 heavy (non-hydrogen) atoms. The highest BCUT2D eigenvalue weighted by Crippen LogP contribution is 2.36. The molecule has 1 aromatic rings. The molecule has 0 saturated heterocycles. The van der Waals surface area contributed by atoms with Crippen molar-refractivity contribution >= 4 is 11.8 Å². The third kappa shape index (κ3) is 4.96. The van der Waals surface area contributed by atoms with Gasteiger partial charge in [0.2, 0.25) is 0 Å². The van der Waals surface area contributed by atoms with Gasteiger partial charge in [0.05, 0.1) is 19.1 Å². The Morgan fingerprint density at radius 3 is 2.21 bits per heavy atom. The lowest BCUT2D eigenvalue weighted by Crippen LogP contribution is -2.18. The predicted molar refractivity (Wildman–Crippen MR) is 82.5 cm³/mol. The van der Waals surface area contributed by atoms with Crippen molar-refractivity contribution in [2.75, 3.05) is 20.0 Å². The zero-order valence-corrected chi connectivity index (χ0v) is 13.3. The van der Waals surface area contributed by atoms with Crippen molar-refractivity contribution in [3.63, 3.8) is 0 Å². The van der Waals surface area contributed by atoms with E-state index in [9.17, 15) is 0 Å². The topological polar surface area (TPSA) is 44.5 Å². The monoisotopic (exact) mass is 283 g/mol. The average Bonchev–Trinajstić information content (AvgIpc) is 2.35. The van der Waals surface area contributed by atoms with Crippen LogP contribution in [0.25, 0.3) is 0 Å². The number of hydrogen-bond acceptors (Lipinski definition) is 4. The molecule has 1 unspecified atom stereocenters. The molecule has 0 aliphatic carbocycles. The first-order chi connectivity index (χ1) is 8.97. The highest BCUT2D eigenvalue weighted by molar-refractivity contribution is 7.99. The van der Waals surface area contributed by atoms with Crippen molar-refractivity contribution in [3.05, 3.63) is 17.7 Å². The number of rotatable bonds is 7. The molecule has 1 rings (SSSR count). The molecule has 3 nitrogen and oxygen atoms in total. The Kier molecular flexibility index (Phi) is 6.52.